The Balaban J connectivity index is 2.26. The summed E-state index contributed by atoms with van der Waals surface area (Å²) in [7, 11) is 0. The molecular formula is C6H12O. The lowest BCUT2D eigenvalue weighted by molar-refractivity contribution is 0.121. The van der Waals surface area contributed by atoms with Crippen LogP contribution in [0.3, 0.4) is 0 Å². The van der Waals surface area contributed by atoms with Crippen LogP contribution in [-0.4, -0.2) is 12.7 Å². The van der Waals surface area contributed by atoms with E-state index in [-0.39, 0.29) is 0 Å². The van der Waals surface area contributed by atoms with E-state index >= 15 is 0 Å². The lowest BCUT2D eigenvalue weighted by atomic mass is 10.1. The van der Waals surface area contributed by atoms with Crippen LogP contribution in [0.15, 0.2) is 0 Å². The van der Waals surface area contributed by atoms with Crippen molar-refractivity contribution in [1.29, 1.82) is 0 Å². The molecule has 1 fully saturated rings. The topological polar surface area (TPSA) is 9.23 Å². The second-order valence-corrected chi connectivity index (χ2v) is 2.48. The summed E-state index contributed by atoms with van der Waals surface area (Å²) in [6.07, 6.45) is 1.77. The molecule has 1 aliphatic heterocycles. The first-order valence-corrected chi connectivity index (χ1v) is 2.90. The van der Waals surface area contributed by atoms with Crippen LogP contribution < -0.4 is 0 Å². The highest BCUT2D eigenvalue weighted by Gasteiger charge is 2.16. The summed E-state index contributed by atoms with van der Waals surface area (Å²) < 4.78 is 5.27. The van der Waals surface area contributed by atoms with Gasteiger partial charge in [0, 0.05) is 6.61 Å². The molecule has 1 heterocycles. The molecule has 42 valence electrons. The van der Waals surface area contributed by atoms with Gasteiger partial charge < -0.3 is 4.74 Å². The van der Waals surface area contributed by atoms with Crippen molar-refractivity contribution in [3.63, 3.8) is 0 Å². The van der Waals surface area contributed by atoms with Crippen LogP contribution in [0.4, 0.5) is 0 Å². The van der Waals surface area contributed by atoms with Gasteiger partial charge in [0.15, 0.2) is 0 Å². The van der Waals surface area contributed by atoms with Gasteiger partial charge in [-0.2, -0.15) is 0 Å². The highest BCUT2D eigenvalue weighted by molar-refractivity contribution is 4.64. The largest absolute Gasteiger partial charge is 0.378 e. The summed E-state index contributed by atoms with van der Waals surface area (Å²) in [6.45, 7) is 5.33. The van der Waals surface area contributed by atoms with E-state index in [9.17, 15) is 0 Å². The molecular weight excluding hydrogens is 88.1 g/mol. The van der Waals surface area contributed by atoms with E-state index in [1.165, 1.54) is 6.42 Å². The number of hydrogen-bond donors (Lipinski definition) is 0. The Bertz CT molecular complexity index is 53.2. The van der Waals surface area contributed by atoms with Crippen LogP contribution in [0.25, 0.3) is 0 Å². The molecule has 7 heavy (non-hydrogen) atoms. The zero-order valence-electron chi connectivity index (χ0n) is 4.98. The van der Waals surface area contributed by atoms with Gasteiger partial charge in [-0.1, -0.05) is 6.92 Å². The lowest BCUT2D eigenvalue weighted by Crippen LogP contribution is -1.94. The molecule has 0 aromatic carbocycles. The third-order valence-corrected chi connectivity index (χ3v) is 1.40. The van der Waals surface area contributed by atoms with Crippen molar-refractivity contribution in [2.75, 3.05) is 6.61 Å². The number of ether oxygens (including phenoxy) is 1. The first-order valence-electron chi connectivity index (χ1n) is 2.90. The Kier molecular flexibility index (Phi) is 1.33. The maximum Gasteiger partial charge on any atom is 0.0550 e. The fourth-order valence-electron chi connectivity index (χ4n) is 1.03. The Morgan fingerprint density at radius 1 is 1.43 bits per heavy atom. The molecule has 0 amide bonds. The predicted octanol–water partition coefficient (Wildman–Crippen LogP) is 1.43. The van der Waals surface area contributed by atoms with E-state index < -0.39 is 0 Å². The Morgan fingerprint density at radius 3 is 2.29 bits per heavy atom. The first-order chi connectivity index (χ1) is 3.29. The van der Waals surface area contributed by atoms with E-state index in [1.54, 1.807) is 0 Å². The van der Waals surface area contributed by atoms with Gasteiger partial charge in [0.05, 0.1) is 6.10 Å². The maximum atomic E-state index is 5.27. The SMILES string of the molecule is CC1C[C@@H](C)CO1. The molecule has 1 aliphatic rings. The van der Waals surface area contributed by atoms with Gasteiger partial charge in [-0.05, 0) is 19.3 Å². The molecule has 0 saturated carbocycles. The molecule has 2 atom stereocenters. The van der Waals surface area contributed by atoms with Crippen LogP contribution in [0.5, 0.6) is 0 Å². The third-order valence-electron chi connectivity index (χ3n) is 1.40. The molecule has 0 aliphatic carbocycles. The van der Waals surface area contributed by atoms with E-state index in [0.717, 1.165) is 12.5 Å². The Morgan fingerprint density at radius 2 is 2.14 bits per heavy atom. The zero-order valence-corrected chi connectivity index (χ0v) is 4.98. The summed E-state index contributed by atoms with van der Waals surface area (Å²) in [5, 5.41) is 0. The quantitative estimate of drug-likeness (QED) is 0.447. The fourth-order valence-corrected chi connectivity index (χ4v) is 1.03. The Hall–Kier alpha value is -0.0400. The van der Waals surface area contributed by atoms with Gasteiger partial charge in [0.2, 0.25) is 0 Å². The first kappa shape index (κ1) is 5.10. The summed E-state index contributed by atoms with van der Waals surface area (Å²) in [4.78, 5) is 0. The average molecular weight is 100 g/mol. The van der Waals surface area contributed by atoms with E-state index in [0.29, 0.717) is 6.10 Å². The normalized spacial score (nSPS) is 42.0. The molecule has 1 heteroatoms. The number of hydrogen-bond acceptors (Lipinski definition) is 1. The van der Waals surface area contributed by atoms with Gasteiger partial charge in [0.25, 0.3) is 0 Å². The van der Waals surface area contributed by atoms with Crippen molar-refractivity contribution in [2.45, 2.75) is 26.4 Å². The van der Waals surface area contributed by atoms with Crippen LogP contribution >= 0.6 is 0 Å². The monoisotopic (exact) mass is 100 g/mol. The van der Waals surface area contributed by atoms with E-state index in [2.05, 4.69) is 13.8 Å². The van der Waals surface area contributed by atoms with Crippen LogP contribution in [-0.2, 0) is 4.74 Å². The van der Waals surface area contributed by atoms with Crippen molar-refractivity contribution in [1.82, 2.24) is 0 Å². The van der Waals surface area contributed by atoms with Crippen molar-refractivity contribution in [3.05, 3.63) is 0 Å². The van der Waals surface area contributed by atoms with Gasteiger partial charge in [0.1, 0.15) is 0 Å². The lowest BCUT2D eigenvalue weighted by Gasteiger charge is -1.94. The Labute approximate surface area is 44.7 Å². The molecule has 1 saturated heterocycles. The van der Waals surface area contributed by atoms with Crippen LogP contribution in [0.1, 0.15) is 20.3 Å². The fraction of sp³-hybridized carbons (Fsp3) is 1.00. The molecule has 1 unspecified atom stereocenters. The molecule has 0 radical (unpaired) electrons. The van der Waals surface area contributed by atoms with E-state index in [4.69, 9.17) is 4.74 Å². The third kappa shape index (κ3) is 1.16. The second kappa shape index (κ2) is 1.83. The minimum atomic E-state index is 0.523. The number of rotatable bonds is 0. The van der Waals surface area contributed by atoms with Crippen molar-refractivity contribution in [3.8, 4) is 0 Å². The molecule has 0 N–H and O–H groups in total. The van der Waals surface area contributed by atoms with Crippen molar-refractivity contribution >= 4 is 0 Å². The maximum absolute atomic E-state index is 5.27. The standard InChI is InChI=1S/C6H12O/c1-5-3-6(2)7-4-5/h5-6H,3-4H2,1-2H3/t5-,6?/m1/s1. The predicted molar refractivity (Wildman–Crippen MR) is 29.2 cm³/mol. The van der Waals surface area contributed by atoms with E-state index in [1.807, 2.05) is 0 Å². The second-order valence-electron chi connectivity index (χ2n) is 2.48. The van der Waals surface area contributed by atoms with Crippen LogP contribution in [0.2, 0.25) is 0 Å². The highest BCUT2D eigenvalue weighted by atomic mass is 16.5. The molecule has 1 nitrogen and oxygen atoms in total. The van der Waals surface area contributed by atoms with Gasteiger partial charge in [-0.25, -0.2) is 0 Å². The summed E-state index contributed by atoms with van der Waals surface area (Å²) in [5.74, 6) is 0.801. The summed E-state index contributed by atoms with van der Waals surface area (Å²) >= 11 is 0. The van der Waals surface area contributed by atoms with Crippen molar-refractivity contribution < 1.29 is 4.74 Å². The molecule has 0 spiro atoms. The summed E-state index contributed by atoms with van der Waals surface area (Å²) in [5.41, 5.74) is 0. The average Bonchev–Trinajstić information content (AvgIpc) is 1.87. The summed E-state index contributed by atoms with van der Waals surface area (Å²) in [6, 6.07) is 0. The minimum Gasteiger partial charge on any atom is -0.378 e. The van der Waals surface area contributed by atoms with Crippen molar-refractivity contribution in [2.24, 2.45) is 5.92 Å². The molecule has 0 aromatic rings. The highest BCUT2D eigenvalue weighted by Crippen LogP contribution is 2.16. The van der Waals surface area contributed by atoms with Crippen LogP contribution in [0, 0.1) is 5.92 Å². The molecule has 1 rings (SSSR count). The van der Waals surface area contributed by atoms with Gasteiger partial charge in [-0.3, -0.25) is 0 Å². The zero-order chi connectivity index (χ0) is 5.28. The minimum absolute atomic E-state index is 0.523. The molecule has 0 aromatic heterocycles. The smallest absolute Gasteiger partial charge is 0.0550 e. The van der Waals surface area contributed by atoms with Gasteiger partial charge >= 0.3 is 0 Å². The van der Waals surface area contributed by atoms with Gasteiger partial charge in [-0.15, -0.1) is 0 Å². The molecule has 0 bridgehead atoms.